The summed E-state index contributed by atoms with van der Waals surface area (Å²) in [6.45, 7) is 2.46. The van der Waals surface area contributed by atoms with Crippen molar-refractivity contribution in [3.05, 3.63) is 47.5 Å². The summed E-state index contributed by atoms with van der Waals surface area (Å²) in [5.41, 5.74) is 1.34. The summed E-state index contributed by atoms with van der Waals surface area (Å²) in [5.74, 6) is -0.417. The number of halogens is 1. The van der Waals surface area contributed by atoms with Crippen LogP contribution in [0.4, 0.5) is 4.39 Å². The summed E-state index contributed by atoms with van der Waals surface area (Å²) < 4.78 is 42.4. The summed E-state index contributed by atoms with van der Waals surface area (Å²) in [7, 11) is -1.83. The van der Waals surface area contributed by atoms with Crippen LogP contribution in [-0.4, -0.2) is 35.6 Å². The van der Waals surface area contributed by atoms with Gasteiger partial charge in [-0.3, -0.25) is 4.68 Å². The maximum Gasteiger partial charge on any atom is 0.243 e. The zero-order valence-corrected chi connectivity index (χ0v) is 14.1. The Bertz CT molecular complexity index is 816. The number of aromatic nitrogens is 2. The van der Waals surface area contributed by atoms with E-state index in [2.05, 4.69) is 5.10 Å². The van der Waals surface area contributed by atoms with Gasteiger partial charge in [-0.15, -0.1) is 0 Å². The molecule has 1 aliphatic rings. The van der Waals surface area contributed by atoms with E-state index in [9.17, 15) is 12.8 Å². The minimum atomic E-state index is -3.68. The zero-order chi connectivity index (χ0) is 16.6. The lowest BCUT2D eigenvalue weighted by molar-refractivity contribution is 0.311. The van der Waals surface area contributed by atoms with Crippen LogP contribution in [0.3, 0.4) is 0 Å². The Balaban J connectivity index is 1.86. The lowest BCUT2D eigenvalue weighted by Gasteiger charge is -2.31. The summed E-state index contributed by atoms with van der Waals surface area (Å²) in [4.78, 5) is 0.0160. The number of aryl methyl sites for hydroxylation is 2. The van der Waals surface area contributed by atoms with Crippen molar-refractivity contribution in [2.24, 2.45) is 7.05 Å². The van der Waals surface area contributed by atoms with Crippen molar-refractivity contribution in [1.82, 2.24) is 14.1 Å². The molecule has 1 aromatic heterocycles. The minimum Gasteiger partial charge on any atom is -0.276 e. The van der Waals surface area contributed by atoms with Crippen LogP contribution in [0.2, 0.25) is 0 Å². The number of piperidine rings is 1. The number of benzene rings is 1. The molecule has 0 N–H and O–H groups in total. The molecule has 0 saturated carbocycles. The molecule has 7 heteroatoms. The third-order valence-electron chi connectivity index (χ3n) is 4.32. The van der Waals surface area contributed by atoms with Gasteiger partial charge in [0.05, 0.1) is 10.6 Å². The van der Waals surface area contributed by atoms with Crippen molar-refractivity contribution in [1.29, 1.82) is 0 Å². The first kappa shape index (κ1) is 16.1. The molecule has 124 valence electrons. The van der Waals surface area contributed by atoms with Crippen LogP contribution in [0.1, 0.15) is 30.0 Å². The fourth-order valence-electron chi connectivity index (χ4n) is 2.94. The van der Waals surface area contributed by atoms with Gasteiger partial charge < -0.3 is 0 Å². The van der Waals surface area contributed by atoms with Crippen molar-refractivity contribution in [2.75, 3.05) is 13.1 Å². The smallest absolute Gasteiger partial charge is 0.243 e. The zero-order valence-electron chi connectivity index (χ0n) is 13.2. The van der Waals surface area contributed by atoms with E-state index in [-0.39, 0.29) is 10.8 Å². The quantitative estimate of drug-likeness (QED) is 0.864. The maximum atomic E-state index is 13.7. The molecule has 3 rings (SSSR count). The topological polar surface area (TPSA) is 55.2 Å². The molecule has 2 heterocycles. The highest BCUT2D eigenvalue weighted by Gasteiger charge is 2.32. The lowest BCUT2D eigenvalue weighted by Crippen LogP contribution is -2.39. The fraction of sp³-hybridized carbons (Fsp3) is 0.438. The second-order valence-electron chi connectivity index (χ2n) is 6.03. The molecular weight excluding hydrogens is 317 g/mol. The van der Waals surface area contributed by atoms with Gasteiger partial charge in [0.2, 0.25) is 10.0 Å². The Labute approximate surface area is 135 Å². The monoisotopic (exact) mass is 337 g/mol. The molecule has 1 saturated heterocycles. The third kappa shape index (κ3) is 3.16. The molecule has 0 radical (unpaired) electrons. The second kappa shape index (κ2) is 6.05. The minimum absolute atomic E-state index is 0.0160. The summed E-state index contributed by atoms with van der Waals surface area (Å²) in [6.07, 6.45) is 3.54. The molecular formula is C16H20FN3O2S. The van der Waals surface area contributed by atoms with Crippen molar-refractivity contribution in [3.63, 3.8) is 0 Å². The third-order valence-corrected chi connectivity index (χ3v) is 6.18. The van der Waals surface area contributed by atoms with E-state index in [1.807, 2.05) is 19.3 Å². The van der Waals surface area contributed by atoms with Gasteiger partial charge in [-0.05, 0) is 43.5 Å². The summed E-state index contributed by atoms with van der Waals surface area (Å²) >= 11 is 0. The molecule has 0 amide bonds. The van der Waals surface area contributed by atoms with Crippen LogP contribution in [0.5, 0.6) is 0 Å². The molecule has 1 aliphatic heterocycles. The standard InChI is InChI=1S/C16H20FN3O2S/c1-12-5-6-14(10-15(12)17)23(21,22)20-8-3-4-13(11-20)16-7-9-19(2)18-16/h5-7,9-10,13H,3-4,8,11H2,1-2H3. The van der Waals surface area contributed by atoms with Gasteiger partial charge in [-0.1, -0.05) is 6.07 Å². The van der Waals surface area contributed by atoms with Crippen LogP contribution in [0.15, 0.2) is 35.4 Å². The Morgan fingerprint density at radius 1 is 1.30 bits per heavy atom. The van der Waals surface area contributed by atoms with E-state index in [0.717, 1.165) is 24.6 Å². The Morgan fingerprint density at radius 2 is 2.09 bits per heavy atom. The number of hydrogen-bond acceptors (Lipinski definition) is 3. The van der Waals surface area contributed by atoms with Gasteiger partial charge in [0.25, 0.3) is 0 Å². The predicted molar refractivity (Wildman–Crippen MR) is 85.1 cm³/mol. The normalized spacial score (nSPS) is 19.9. The van der Waals surface area contributed by atoms with E-state index in [0.29, 0.717) is 18.7 Å². The number of hydrogen-bond donors (Lipinski definition) is 0. The van der Waals surface area contributed by atoms with Crippen molar-refractivity contribution in [2.45, 2.75) is 30.6 Å². The van der Waals surface area contributed by atoms with E-state index < -0.39 is 15.8 Å². The van der Waals surface area contributed by atoms with E-state index in [1.165, 1.54) is 16.4 Å². The van der Waals surface area contributed by atoms with Gasteiger partial charge in [0, 0.05) is 32.3 Å². The SMILES string of the molecule is Cc1ccc(S(=O)(=O)N2CCCC(c3ccn(C)n3)C2)cc1F. The number of rotatable bonds is 3. The summed E-state index contributed by atoms with van der Waals surface area (Å²) in [6, 6.07) is 6.00. The highest BCUT2D eigenvalue weighted by atomic mass is 32.2. The molecule has 0 spiro atoms. The molecule has 0 bridgehead atoms. The predicted octanol–water partition coefficient (Wildman–Crippen LogP) is 2.44. The highest BCUT2D eigenvalue weighted by molar-refractivity contribution is 7.89. The van der Waals surface area contributed by atoms with E-state index in [4.69, 9.17) is 0 Å². The Hall–Kier alpha value is -1.73. The first-order valence-corrected chi connectivity index (χ1v) is 9.08. The van der Waals surface area contributed by atoms with Crippen LogP contribution in [0.25, 0.3) is 0 Å². The first-order valence-electron chi connectivity index (χ1n) is 7.64. The maximum absolute atomic E-state index is 13.7. The van der Waals surface area contributed by atoms with Gasteiger partial charge in [0.1, 0.15) is 5.82 Å². The second-order valence-corrected chi connectivity index (χ2v) is 7.97. The van der Waals surface area contributed by atoms with Crippen molar-refractivity contribution >= 4 is 10.0 Å². The highest BCUT2D eigenvalue weighted by Crippen LogP contribution is 2.29. The van der Waals surface area contributed by atoms with Crippen LogP contribution in [0, 0.1) is 12.7 Å². The lowest BCUT2D eigenvalue weighted by atomic mass is 9.96. The Kier molecular flexibility index (Phi) is 4.25. The van der Waals surface area contributed by atoms with Crippen molar-refractivity contribution in [3.8, 4) is 0 Å². The average molecular weight is 337 g/mol. The van der Waals surface area contributed by atoms with Gasteiger partial charge in [0.15, 0.2) is 0 Å². The fourth-order valence-corrected chi connectivity index (χ4v) is 4.47. The molecule has 2 aromatic rings. The molecule has 1 atom stereocenters. The number of sulfonamides is 1. The van der Waals surface area contributed by atoms with E-state index in [1.54, 1.807) is 11.6 Å². The molecule has 0 aliphatic carbocycles. The average Bonchev–Trinajstić information content (AvgIpc) is 2.96. The largest absolute Gasteiger partial charge is 0.276 e. The Morgan fingerprint density at radius 3 is 2.74 bits per heavy atom. The first-order chi connectivity index (χ1) is 10.9. The van der Waals surface area contributed by atoms with Crippen LogP contribution in [-0.2, 0) is 17.1 Å². The van der Waals surface area contributed by atoms with Crippen LogP contribution >= 0.6 is 0 Å². The van der Waals surface area contributed by atoms with Gasteiger partial charge in [-0.2, -0.15) is 9.40 Å². The van der Waals surface area contributed by atoms with Crippen LogP contribution < -0.4 is 0 Å². The molecule has 23 heavy (non-hydrogen) atoms. The van der Waals surface area contributed by atoms with Gasteiger partial charge in [-0.25, -0.2) is 12.8 Å². The number of nitrogens with zero attached hydrogens (tertiary/aromatic N) is 3. The van der Waals surface area contributed by atoms with Crippen molar-refractivity contribution < 1.29 is 12.8 Å². The summed E-state index contributed by atoms with van der Waals surface area (Å²) in [5, 5.41) is 4.38. The van der Waals surface area contributed by atoms with Gasteiger partial charge >= 0.3 is 0 Å². The molecule has 5 nitrogen and oxygen atoms in total. The van der Waals surface area contributed by atoms with E-state index >= 15 is 0 Å². The molecule has 1 unspecified atom stereocenters. The molecule has 1 aromatic carbocycles. The molecule has 1 fully saturated rings.